The summed E-state index contributed by atoms with van der Waals surface area (Å²) in [5, 5.41) is 0. The van der Waals surface area contributed by atoms with Gasteiger partial charge in [-0.3, -0.25) is 0 Å². The summed E-state index contributed by atoms with van der Waals surface area (Å²) >= 11 is 0. The maximum absolute atomic E-state index is 11.8. The predicted molar refractivity (Wildman–Crippen MR) is 69.5 cm³/mol. The van der Waals surface area contributed by atoms with E-state index < -0.39 is 18.0 Å². The zero-order valence-electron chi connectivity index (χ0n) is 11.4. The van der Waals surface area contributed by atoms with Crippen molar-refractivity contribution in [2.45, 2.75) is 6.04 Å². The fraction of sp³-hybridized carbons (Fsp3) is 0.462. The van der Waals surface area contributed by atoms with Crippen LogP contribution in [-0.4, -0.2) is 56.9 Å². The zero-order chi connectivity index (χ0) is 14.5. The highest BCUT2D eigenvalue weighted by Crippen LogP contribution is 2.23. The minimum Gasteiger partial charge on any atom is -0.467 e. The molecule has 0 amide bonds. The van der Waals surface area contributed by atoms with Crippen LogP contribution >= 0.6 is 0 Å². The highest BCUT2D eigenvalue weighted by molar-refractivity contribution is 5.95. The molecule has 0 saturated carbocycles. The second-order valence-corrected chi connectivity index (χ2v) is 4.17. The van der Waals surface area contributed by atoms with Gasteiger partial charge in [0.15, 0.2) is 6.04 Å². The topological polar surface area (TPSA) is 78.0 Å². The Morgan fingerprint density at radius 2 is 2.20 bits per heavy atom. The fourth-order valence-corrected chi connectivity index (χ4v) is 2.08. The van der Waals surface area contributed by atoms with Gasteiger partial charge >= 0.3 is 11.9 Å². The van der Waals surface area contributed by atoms with Gasteiger partial charge in [-0.25, -0.2) is 14.6 Å². The third-order valence-corrected chi connectivity index (χ3v) is 3.07. The van der Waals surface area contributed by atoms with Gasteiger partial charge in [0.05, 0.1) is 27.4 Å². The third-order valence-electron chi connectivity index (χ3n) is 3.07. The van der Waals surface area contributed by atoms with Crippen molar-refractivity contribution in [1.29, 1.82) is 0 Å². The van der Waals surface area contributed by atoms with Crippen molar-refractivity contribution in [3.8, 4) is 0 Å². The Morgan fingerprint density at radius 3 is 2.90 bits per heavy atom. The minimum atomic E-state index is -0.618. The van der Waals surface area contributed by atoms with E-state index in [1.165, 1.54) is 14.2 Å². The fourth-order valence-electron chi connectivity index (χ4n) is 2.08. The summed E-state index contributed by atoms with van der Waals surface area (Å²) in [5.41, 5.74) is 0.311. The van der Waals surface area contributed by atoms with E-state index in [4.69, 9.17) is 14.2 Å². The Bertz CT molecular complexity index is 505. The monoisotopic (exact) mass is 280 g/mol. The van der Waals surface area contributed by atoms with E-state index >= 15 is 0 Å². The number of anilines is 1. The summed E-state index contributed by atoms with van der Waals surface area (Å²) in [6, 6.07) is 2.63. The Morgan fingerprint density at radius 1 is 1.40 bits per heavy atom. The van der Waals surface area contributed by atoms with Crippen LogP contribution in [0, 0.1) is 0 Å². The van der Waals surface area contributed by atoms with Gasteiger partial charge in [-0.15, -0.1) is 0 Å². The average molecular weight is 280 g/mol. The summed E-state index contributed by atoms with van der Waals surface area (Å²) in [5.74, 6) is -0.521. The maximum atomic E-state index is 11.8. The summed E-state index contributed by atoms with van der Waals surface area (Å²) in [6.45, 7) is 1.09. The van der Waals surface area contributed by atoms with Crippen LogP contribution in [0.25, 0.3) is 0 Å². The van der Waals surface area contributed by atoms with Gasteiger partial charge in [0.2, 0.25) is 0 Å². The molecule has 1 aliphatic rings. The number of nitrogens with zero attached hydrogens (tertiary/aromatic N) is 2. The summed E-state index contributed by atoms with van der Waals surface area (Å²) < 4.78 is 14.8. The van der Waals surface area contributed by atoms with Gasteiger partial charge in [-0.05, 0) is 12.1 Å². The first kappa shape index (κ1) is 14.3. The number of methoxy groups -OCH3 is 2. The largest absolute Gasteiger partial charge is 0.467 e. The highest BCUT2D eigenvalue weighted by atomic mass is 16.5. The third kappa shape index (κ3) is 2.72. The van der Waals surface area contributed by atoms with Gasteiger partial charge < -0.3 is 19.1 Å². The zero-order valence-corrected chi connectivity index (χ0v) is 11.4. The number of hydrogen-bond acceptors (Lipinski definition) is 7. The van der Waals surface area contributed by atoms with Gasteiger partial charge in [0, 0.05) is 12.7 Å². The van der Waals surface area contributed by atoms with E-state index in [1.54, 1.807) is 23.2 Å². The van der Waals surface area contributed by atoms with E-state index in [0.717, 1.165) is 0 Å². The number of carbonyl (C=O) groups excluding carboxylic acids is 2. The normalized spacial score (nSPS) is 18.5. The number of aromatic nitrogens is 1. The van der Waals surface area contributed by atoms with Gasteiger partial charge in [-0.2, -0.15) is 0 Å². The standard InChI is InChI=1S/C13H16N2O5/c1-18-12(16)9-4-3-5-14-11(9)15-6-7-20-8-10(15)13(17)19-2/h3-5,10H,6-8H2,1-2H3. The number of ether oxygens (including phenoxy) is 3. The van der Waals surface area contributed by atoms with Crippen molar-refractivity contribution in [2.24, 2.45) is 0 Å². The molecule has 2 heterocycles. The second-order valence-electron chi connectivity index (χ2n) is 4.17. The first-order chi connectivity index (χ1) is 9.69. The molecule has 7 nitrogen and oxygen atoms in total. The molecule has 1 atom stereocenters. The number of hydrogen-bond donors (Lipinski definition) is 0. The van der Waals surface area contributed by atoms with E-state index in [2.05, 4.69) is 4.98 Å². The van der Waals surface area contributed by atoms with Crippen molar-refractivity contribution in [2.75, 3.05) is 38.9 Å². The summed E-state index contributed by atoms with van der Waals surface area (Å²) in [6.07, 6.45) is 1.56. The van der Waals surface area contributed by atoms with Crippen LogP contribution in [-0.2, 0) is 19.0 Å². The smallest absolute Gasteiger partial charge is 0.341 e. The van der Waals surface area contributed by atoms with E-state index in [1.807, 2.05) is 0 Å². The van der Waals surface area contributed by atoms with Crippen LogP contribution in [0.1, 0.15) is 10.4 Å². The van der Waals surface area contributed by atoms with Crippen LogP contribution in [0.5, 0.6) is 0 Å². The van der Waals surface area contributed by atoms with Crippen LogP contribution in [0.3, 0.4) is 0 Å². The molecule has 0 spiro atoms. The maximum Gasteiger partial charge on any atom is 0.341 e. The second kappa shape index (κ2) is 6.33. The number of pyridine rings is 1. The molecule has 1 aromatic heterocycles. The van der Waals surface area contributed by atoms with E-state index in [0.29, 0.717) is 24.5 Å². The van der Waals surface area contributed by atoms with Crippen molar-refractivity contribution in [3.63, 3.8) is 0 Å². The molecule has 1 unspecified atom stereocenters. The molecule has 0 aromatic carbocycles. The molecule has 0 bridgehead atoms. The van der Waals surface area contributed by atoms with Crippen LogP contribution in [0.4, 0.5) is 5.82 Å². The molecule has 108 valence electrons. The molecule has 1 aromatic rings. The van der Waals surface area contributed by atoms with Crippen LogP contribution in [0.2, 0.25) is 0 Å². The van der Waals surface area contributed by atoms with Crippen molar-refractivity contribution in [1.82, 2.24) is 4.98 Å². The lowest BCUT2D eigenvalue weighted by atomic mass is 10.1. The summed E-state index contributed by atoms with van der Waals surface area (Å²) in [4.78, 5) is 29.5. The predicted octanol–water partition coefficient (Wildman–Crippen LogP) is 0.246. The molecule has 7 heteroatoms. The molecular formula is C13H16N2O5. The van der Waals surface area contributed by atoms with Crippen LogP contribution < -0.4 is 4.90 Å². The Kier molecular flexibility index (Phi) is 4.52. The number of esters is 2. The number of carbonyl (C=O) groups is 2. The SMILES string of the molecule is COC(=O)c1cccnc1N1CCOCC1C(=O)OC. The molecule has 1 saturated heterocycles. The lowest BCUT2D eigenvalue weighted by Crippen LogP contribution is -2.51. The van der Waals surface area contributed by atoms with Crippen molar-refractivity contribution in [3.05, 3.63) is 23.9 Å². The first-order valence-electron chi connectivity index (χ1n) is 6.14. The lowest BCUT2D eigenvalue weighted by Gasteiger charge is -2.35. The Balaban J connectivity index is 2.37. The van der Waals surface area contributed by atoms with Gasteiger partial charge in [0.25, 0.3) is 0 Å². The molecule has 0 radical (unpaired) electrons. The molecule has 1 fully saturated rings. The summed E-state index contributed by atoms with van der Waals surface area (Å²) in [7, 11) is 2.62. The van der Waals surface area contributed by atoms with Crippen LogP contribution in [0.15, 0.2) is 18.3 Å². The van der Waals surface area contributed by atoms with Gasteiger partial charge in [0.1, 0.15) is 11.4 Å². The minimum absolute atomic E-state index is 0.198. The Hall–Kier alpha value is -2.15. The molecule has 0 aliphatic carbocycles. The first-order valence-corrected chi connectivity index (χ1v) is 6.14. The van der Waals surface area contributed by atoms with E-state index in [-0.39, 0.29) is 6.61 Å². The average Bonchev–Trinajstić information content (AvgIpc) is 2.53. The molecular weight excluding hydrogens is 264 g/mol. The lowest BCUT2D eigenvalue weighted by molar-refractivity contribution is -0.144. The van der Waals surface area contributed by atoms with E-state index in [9.17, 15) is 9.59 Å². The molecule has 20 heavy (non-hydrogen) atoms. The highest BCUT2D eigenvalue weighted by Gasteiger charge is 2.33. The quantitative estimate of drug-likeness (QED) is 0.734. The molecule has 2 rings (SSSR count). The Labute approximate surface area is 116 Å². The molecule has 1 aliphatic heterocycles. The van der Waals surface area contributed by atoms with Crippen molar-refractivity contribution >= 4 is 17.8 Å². The molecule has 0 N–H and O–H groups in total. The number of rotatable bonds is 3. The number of morpholine rings is 1. The van der Waals surface area contributed by atoms with Crippen molar-refractivity contribution < 1.29 is 23.8 Å². The van der Waals surface area contributed by atoms with Gasteiger partial charge in [-0.1, -0.05) is 0 Å².